The molecule has 1 aromatic carbocycles. The maximum absolute atomic E-state index is 13.4. The number of carbonyl (C=O) groups excluding carboxylic acids is 1. The molecule has 0 bridgehead atoms. The first-order valence-electron chi connectivity index (χ1n) is 12.2. The maximum atomic E-state index is 13.4. The van der Waals surface area contributed by atoms with Gasteiger partial charge in [-0.15, -0.1) is 0 Å². The maximum Gasteiger partial charge on any atom is 0.333 e. The fourth-order valence-corrected chi connectivity index (χ4v) is 4.68. The zero-order valence-electron chi connectivity index (χ0n) is 20.5. The van der Waals surface area contributed by atoms with Crippen molar-refractivity contribution in [1.82, 2.24) is 28.9 Å². The second-order valence-electron chi connectivity index (χ2n) is 9.03. The topological polar surface area (TPSA) is 103 Å². The Balaban J connectivity index is 1.63. The van der Waals surface area contributed by atoms with Gasteiger partial charge < -0.3 is 19.5 Å². The van der Waals surface area contributed by atoms with Crippen molar-refractivity contribution < 1.29 is 9.53 Å². The van der Waals surface area contributed by atoms with Crippen LogP contribution in [0.2, 0.25) is 0 Å². The number of benzene rings is 1. The van der Waals surface area contributed by atoms with Crippen molar-refractivity contribution >= 4 is 17.1 Å². The molecule has 1 N–H and O–H groups in total. The number of methoxy groups -OCH3 is 1. The molecule has 10 nitrogen and oxygen atoms in total. The van der Waals surface area contributed by atoms with Crippen LogP contribution in [0.1, 0.15) is 31.7 Å². The fraction of sp³-hybridized carbons (Fsp3) is 0.520. The second-order valence-corrected chi connectivity index (χ2v) is 9.03. The Bertz CT molecular complexity index is 1250. The van der Waals surface area contributed by atoms with E-state index in [1.807, 2.05) is 30.3 Å². The van der Waals surface area contributed by atoms with Crippen LogP contribution in [-0.4, -0.2) is 68.9 Å². The van der Waals surface area contributed by atoms with Gasteiger partial charge in [-0.3, -0.25) is 14.2 Å². The summed E-state index contributed by atoms with van der Waals surface area (Å²) in [5, 5.41) is 3.03. The van der Waals surface area contributed by atoms with Crippen molar-refractivity contribution in [1.29, 1.82) is 0 Å². The van der Waals surface area contributed by atoms with E-state index in [-0.39, 0.29) is 25.0 Å². The quantitative estimate of drug-likeness (QED) is 0.463. The Labute approximate surface area is 204 Å². The molecule has 0 atom stereocenters. The van der Waals surface area contributed by atoms with Crippen molar-refractivity contribution in [3.63, 3.8) is 0 Å². The van der Waals surface area contributed by atoms with Crippen molar-refractivity contribution in [2.45, 2.75) is 51.9 Å². The summed E-state index contributed by atoms with van der Waals surface area (Å²) >= 11 is 0. The van der Waals surface area contributed by atoms with Gasteiger partial charge in [0.25, 0.3) is 5.56 Å². The predicted octanol–water partition coefficient (Wildman–Crippen LogP) is 1.05. The molecular weight excluding hydrogens is 448 g/mol. The van der Waals surface area contributed by atoms with E-state index in [0.29, 0.717) is 24.3 Å². The molecule has 1 saturated heterocycles. The molecule has 3 heterocycles. The Hall–Kier alpha value is -3.24. The zero-order valence-corrected chi connectivity index (χ0v) is 20.5. The summed E-state index contributed by atoms with van der Waals surface area (Å²) in [6, 6.07) is 9.56. The minimum Gasteiger partial charge on any atom is -0.383 e. The average molecular weight is 483 g/mol. The molecule has 1 amide bonds. The first-order valence-corrected chi connectivity index (χ1v) is 12.2. The summed E-state index contributed by atoms with van der Waals surface area (Å²) in [7, 11) is 1.58. The summed E-state index contributed by atoms with van der Waals surface area (Å²) < 4.78 is 9.33. The standard InChI is InChI=1S/C25H34N6O4/c1-3-11-28-12-9-20(10-13-28)27-21(32)17-31-24(33)22-23(26-18-29(22)14-15-35-2)30(25(31)34)16-19-7-5-4-6-8-19/h4-8,18,20H,3,9-17H2,1-2H3,(H,27,32). The normalized spacial score (nSPS) is 15.0. The van der Waals surface area contributed by atoms with Gasteiger partial charge >= 0.3 is 5.69 Å². The van der Waals surface area contributed by atoms with Crippen molar-refractivity contribution in [2.75, 3.05) is 33.4 Å². The fourth-order valence-electron chi connectivity index (χ4n) is 4.68. The first-order chi connectivity index (χ1) is 17.0. The van der Waals surface area contributed by atoms with Crippen molar-refractivity contribution in [2.24, 2.45) is 0 Å². The molecule has 4 rings (SSSR count). The Morgan fingerprint density at radius 2 is 1.86 bits per heavy atom. The summed E-state index contributed by atoms with van der Waals surface area (Å²) in [6.45, 7) is 5.82. The molecule has 10 heteroatoms. The van der Waals surface area contributed by atoms with Gasteiger partial charge in [-0.1, -0.05) is 37.3 Å². The van der Waals surface area contributed by atoms with E-state index >= 15 is 0 Å². The third kappa shape index (κ3) is 5.71. The monoisotopic (exact) mass is 482 g/mol. The van der Waals surface area contributed by atoms with Crippen LogP contribution in [0.25, 0.3) is 11.2 Å². The Morgan fingerprint density at radius 3 is 2.54 bits per heavy atom. The van der Waals surface area contributed by atoms with E-state index in [2.05, 4.69) is 22.1 Å². The molecule has 35 heavy (non-hydrogen) atoms. The molecule has 1 fully saturated rings. The highest BCUT2D eigenvalue weighted by Gasteiger charge is 2.23. The number of rotatable bonds is 10. The van der Waals surface area contributed by atoms with Gasteiger partial charge in [0.2, 0.25) is 5.91 Å². The van der Waals surface area contributed by atoms with Crippen LogP contribution >= 0.6 is 0 Å². The number of ether oxygens (including phenoxy) is 1. The summed E-state index contributed by atoms with van der Waals surface area (Å²) in [4.78, 5) is 46.5. The molecular formula is C25H34N6O4. The molecule has 1 aliphatic heterocycles. The molecule has 1 aliphatic rings. The number of hydrogen-bond donors (Lipinski definition) is 1. The minimum atomic E-state index is -0.545. The molecule has 0 aliphatic carbocycles. The van der Waals surface area contributed by atoms with Crippen LogP contribution in [0.15, 0.2) is 46.2 Å². The first kappa shape index (κ1) is 24.9. The molecule has 3 aromatic rings. The number of imidazole rings is 1. The third-order valence-corrected chi connectivity index (χ3v) is 6.50. The number of aromatic nitrogens is 4. The van der Waals surface area contributed by atoms with E-state index in [0.717, 1.165) is 49.0 Å². The summed E-state index contributed by atoms with van der Waals surface area (Å²) in [6.07, 6.45) is 4.38. The number of likely N-dealkylation sites (tertiary alicyclic amines) is 1. The number of piperidine rings is 1. The second kappa shape index (κ2) is 11.5. The van der Waals surface area contributed by atoms with Crippen LogP contribution in [0, 0.1) is 0 Å². The number of amides is 1. The average Bonchev–Trinajstić information content (AvgIpc) is 3.29. The van der Waals surface area contributed by atoms with Gasteiger partial charge in [0.15, 0.2) is 11.2 Å². The lowest BCUT2D eigenvalue weighted by molar-refractivity contribution is -0.122. The Morgan fingerprint density at radius 1 is 1.11 bits per heavy atom. The van der Waals surface area contributed by atoms with E-state index in [1.54, 1.807) is 18.0 Å². The third-order valence-electron chi connectivity index (χ3n) is 6.50. The molecule has 0 spiro atoms. The zero-order chi connectivity index (χ0) is 24.8. The summed E-state index contributed by atoms with van der Waals surface area (Å²) in [5.41, 5.74) is 0.432. The summed E-state index contributed by atoms with van der Waals surface area (Å²) in [5.74, 6) is -0.327. The highest BCUT2D eigenvalue weighted by Crippen LogP contribution is 2.12. The highest BCUT2D eigenvalue weighted by molar-refractivity contribution is 5.77. The number of nitrogens with one attached hydrogen (secondary N) is 1. The largest absolute Gasteiger partial charge is 0.383 e. The lowest BCUT2D eigenvalue weighted by Gasteiger charge is -2.32. The van der Waals surface area contributed by atoms with Crippen LogP contribution in [0.3, 0.4) is 0 Å². The minimum absolute atomic E-state index is 0.0498. The van der Waals surface area contributed by atoms with E-state index in [9.17, 15) is 14.4 Å². The number of nitrogens with zero attached hydrogens (tertiary/aromatic N) is 5. The lowest BCUT2D eigenvalue weighted by Crippen LogP contribution is -2.48. The van der Waals surface area contributed by atoms with Gasteiger partial charge in [-0.2, -0.15) is 0 Å². The van der Waals surface area contributed by atoms with Gasteiger partial charge in [-0.25, -0.2) is 14.3 Å². The van der Waals surface area contributed by atoms with E-state index in [4.69, 9.17) is 4.74 Å². The van der Waals surface area contributed by atoms with E-state index in [1.165, 1.54) is 4.57 Å². The SMILES string of the molecule is CCCN1CCC(NC(=O)Cn2c(=O)c3c(ncn3CCOC)n(Cc3ccccc3)c2=O)CC1. The Kier molecular flexibility index (Phi) is 8.14. The van der Waals surface area contributed by atoms with Gasteiger partial charge in [0.1, 0.15) is 6.54 Å². The number of hydrogen-bond acceptors (Lipinski definition) is 6. The molecule has 0 saturated carbocycles. The molecule has 0 unspecified atom stereocenters. The van der Waals surface area contributed by atoms with Crippen LogP contribution < -0.4 is 16.6 Å². The number of fused-ring (bicyclic) bond motifs is 1. The van der Waals surface area contributed by atoms with Crippen LogP contribution in [-0.2, 0) is 29.2 Å². The highest BCUT2D eigenvalue weighted by atomic mass is 16.5. The molecule has 0 radical (unpaired) electrons. The number of carbonyl (C=O) groups is 1. The van der Waals surface area contributed by atoms with Crippen LogP contribution in [0.5, 0.6) is 0 Å². The van der Waals surface area contributed by atoms with Crippen molar-refractivity contribution in [3.05, 3.63) is 63.1 Å². The van der Waals surface area contributed by atoms with Gasteiger partial charge in [-0.05, 0) is 31.4 Å². The van der Waals surface area contributed by atoms with E-state index < -0.39 is 11.2 Å². The predicted molar refractivity (Wildman–Crippen MR) is 134 cm³/mol. The van der Waals surface area contributed by atoms with Gasteiger partial charge in [0.05, 0.1) is 19.5 Å². The molecule has 188 valence electrons. The van der Waals surface area contributed by atoms with Crippen molar-refractivity contribution in [3.8, 4) is 0 Å². The van der Waals surface area contributed by atoms with Crippen LogP contribution in [0.4, 0.5) is 0 Å². The molecule has 2 aromatic heterocycles. The lowest BCUT2D eigenvalue weighted by atomic mass is 10.0. The van der Waals surface area contributed by atoms with Gasteiger partial charge in [0, 0.05) is 32.8 Å². The smallest absolute Gasteiger partial charge is 0.333 e.